The van der Waals surface area contributed by atoms with Gasteiger partial charge in [0.05, 0.1) is 0 Å². The number of hydrogen-bond acceptors (Lipinski definition) is 3. The summed E-state index contributed by atoms with van der Waals surface area (Å²) in [4.78, 5) is 10.1. The lowest BCUT2D eigenvalue weighted by molar-refractivity contribution is 0.582. The number of halogens is 1. The molecule has 0 unspecified atom stereocenters. The number of nitrogens with zero attached hydrogens (tertiary/aromatic N) is 2. The van der Waals surface area contributed by atoms with Crippen molar-refractivity contribution in [3.8, 4) is 0 Å². The largest absolute Gasteiger partial charge is 0.356 e. The summed E-state index contributed by atoms with van der Waals surface area (Å²) >= 11 is 2.02. The Morgan fingerprint density at radius 2 is 1.81 bits per heavy atom. The maximum Gasteiger partial charge on any atom is 0.191 e. The minimum absolute atomic E-state index is 0. The maximum absolute atomic E-state index is 4.38. The Bertz CT molecular complexity index is 688. The zero-order valence-electron chi connectivity index (χ0n) is 15.9. The smallest absolute Gasteiger partial charge is 0.191 e. The number of guanidine groups is 1. The minimum atomic E-state index is 0. The molecule has 1 aliphatic carbocycles. The summed E-state index contributed by atoms with van der Waals surface area (Å²) in [6, 6.07) is 16.8. The molecule has 1 aromatic heterocycles. The Morgan fingerprint density at radius 1 is 1.07 bits per heavy atom. The zero-order valence-corrected chi connectivity index (χ0v) is 19.0. The molecule has 0 saturated heterocycles. The molecule has 0 radical (unpaired) electrons. The molecule has 27 heavy (non-hydrogen) atoms. The van der Waals surface area contributed by atoms with Crippen LogP contribution in [-0.2, 0) is 6.42 Å². The van der Waals surface area contributed by atoms with Gasteiger partial charge in [0.2, 0.25) is 0 Å². The predicted molar refractivity (Wildman–Crippen MR) is 126 cm³/mol. The van der Waals surface area contributed by atoms with E-state index in [2.05, 4.69) is 57.0 Å². The normalized spacial score (nSPS) is 15.8. The average Bonchev–Trinajstić information content (AvgIpc) is 3.15. The summed E-state index contributed by atoms with van der Waals surface area (Å²) in [5.74, 6) is 0.876. The molecular formula is C21H29IN4S. The second-order valence-corrected chi connectivity index (χ2v) is 8.27. The Kier molecular flexibility index (Phi) is 9.41. The van der Waals surface area contributed by atoms with Crippen molar-refractivity contribution in [3.63, 3.8) is 0 Å². The molecule has 0 aliphatic heterocycles. The van der Waals surface area contributed by atoms with Crippen LogP contribution in [0.25, 0.3) is 0 Å². The summed E-state index contributed by atoms with van der Waals surface area (Å²) in [7, 11) is 1.84. The van der Waals surface area contributed by atoms with E-state index in [9.17, 15) is 0 Å². The van der Waals surface area contributed by atoms with Crippen LogP contribution in [0, 0.1) is 0 Å². The fraction of sp³-hybridized carbons (Fsp3) is 0.429. The number of hydrogen-bond donors (Lipinski definition) is 2. The highest BCUT2D eigenvalue weighted by Crippen LogP contribution is 2.44. The summed E-state index contributed by atoms with van der Waals surface area (Å²) in [6.07, 6.45) is 7.87. The number of rotatable bonds is 7. The molecule has 4 nitrogen and oxygen atoms in total. The fourth-order valence-corrected chi connectivity index (χ4v) is 4.82. The van der Waals surface area contributed by atoms with Crippen LogP contribution in [0.5, 0.6) is 0 Å². The second-order valence-electron chi connectivity index (χ2n) is 6.73. The van der Waals surface area contributed by atoms with Gasteiger partial charge in [0.25, 0.3) is 0 Å². The monoisotopic (exact) mass is 496 g/mol. The molecule has 1 heterocycles. The first-order valence-corrected chi connectivity index (χ1v) is 10.2. The fourth-order valence-electron chi connectivity index (χ4n) is 3.39. The molecule has 0 spiro atoms. The van der Waals surface area contributed by atoms with Gasteiger partial charge in [-0.15, -0.1) is 35.7 Å². The van der Waals surface area contributed by atoms with Crippen molar-refractivity contribution in [2.45, 2.75) is 41.7 Å². The van der Waals surface area contributed by atoms with E-state index in [4.69, 9.17) is 0 Å². The molecule has 0 atom stereocenters. The van der Waals surface area contributed by atoms with Crippen molar-refractivity contribution in [1.29, 1.82) is 0 Å². The third kappa shape index (κ3) is 6.99. The standard InChI is InChI=1S/C21H28N4S.HI/c1-22-20(24-16-12-18-9-5-8-15-23-18)25-17-21(13-6-7-14-21)26-19-10-3-2-4-11-19;/h2-5,8-11,15H,6-7,12-14,16-17H2,1H3,(H2,22,24,25);1H. The Balaban J connectivity index is 0.00000261. The summed E-state index contributed by atoms with van der Waals surface area (Å²) in [5, 5.41) is 6.97. The van der Waals surface area contributed by atoms with Crippen molar-refractivity contribution in [2.75, 3.05) is 20.1 Å². The van der Waals surface area contributed by atoms with Gasteiger partial charge in [-0.05, 0) is 37.1 Å². The van der Waals surface area contributed by atoms with Crippen molar-refractivity contribution >= 4 is 41.7 Å². The molecule has 0 amide bonds. The van der Waals surface area contributed by atoms with Gasteiger partial charge < -0.3 is 10.6 Å². The van der Waals surface area contributed by atoms with Crippen molar-refractivity contribution in [1.82, 2.24) is 15.6 Å². The van der Waals surface area contributed by atoms with Crippen LogP contribution in [-0.4, -0.2) is 35.8 Å². The topological polar surface area (TPSA) is 49.3 Å². The predicted octanol–water partition coefficient (Wildman–Crippen LogP) is 4.51. The Hall–Kier alpha value is -1.28. The lowest BCUT2D eigenvalue weighted by Gasteiger charge is -2.29. The molecule has 146 valence electrons. The van der Waals surface area contributed by atoms with Crippen LogP contribution in [0.4, 0.5) is 0 Å². The first kappa shape index (κ1) is 22.0. The van der Waals surface area contributed by atoms with Crippen LogP contribution < -0.4 is 10.6 Å². The van der Waals surface area contributed by atoms with E-state index in [1.165, 1.54) is 30.6 Å². The lowest BCUT2D eigenvalue weighted by Crippen LogP contribution is -2.45. The first-order valence-electron chi connectivity index (χ1n) is 9.38. The number of nitrogens with one attached hydrogen (secondary N) is 2. The second kappa shape index (κ2) is 11.5. The van der Waals surface area contributed by atoms with E-state index in [1.807, 2.05) is 37.1 Å². The highest BCUT2D eigenvalue weighted by Gasteiger charge is 2.35. The van der Waals surface area contributed by atoms with Crippen LogP contribution in [0.15, 0.2) is 64.6 Å². The van der Waals surface area contributed by atoms with E-state index in [1.54, 1.807) is 0 Å². The number of pyridine rings is 1. The molecule has 6 heteroatoms. The number of thioether (sulfide) groups is 1. The zero-order chi connectivity index (χ0) is 18.1. The molecule has 2 aromatic rings. The van der Waals surface area contributed by atoms with E-state index >= 15 is 0 Å². The van der Waals surface area contributed by atoms with E-state index < -0.39 is 0 Å². The van der Waals surface area contributed by atoms with Gasteiger partial charge in [0.1, 0.15) is 0 Å². The van der Waals surface area contributed by atoms with Crippen molar-refractivity contribution < 1.29 is 0 Å². The lowest BCUT2D eigenvalue weighted by atomic mass is 10.1. The number of aromatic nitrogens is 1. The number of aliphatic imine (C=N–C) groups is 1. The first-order chi connectivity index (χ1) is 12.8. The molecule has 1 saturated carbocycles. The highest BCUT2D eigenvalue weighted by molar-refractivity contribution is 14.0. The third-order valence-corrected chi connectivity index (χ3v) is 6.29. The molecular weight excluding hydrogens is 467 g/mol. The molecule has 0 bridgehead atoms. The third-order valence-electron chi connectivity index (χ3n) is 4.79. The van der Waals surface area contributed by atoms with Gasteiger partial charge in [-0.25, -0.2) is 0 Å². The minimum Gasteiger partial charge on any atom is -0.356 e. The molecule has 2 N–H and O–H groups in total. The van der Waals surface area contributed by atoms with Gasteiger partial charge in [-0.1, -0.05) is 37.1 Å². The average molecular weight is 496 g/mol. The Morgan fingerprint density at radius 3 is 2.48 bits per heavy atom. The van der Waals surface area contributed by atoms with Crippen LogP contribution in [0.3, 0.4) is 0 Å². The van der Waals surface area contributed by atoms with E-state index in [0.717, 1.165) is 31.2 Å². The van der Waals surface area contributed by atoms with Crippen LogP contribution >= 0.6 is 35.7 Å². The van der Waals surface area contributed by atoms with E-state index in [-0.39, 0.29) is 28.7 Å². The van der Waals surface area contributed by atoms with Gasteiger partial charge >= 0.3 is 0 Å². The quantitative estimate of drug-likeness (QED) is 0.337. The maximum atomic E-state index is 4.38. The number of benzene rings is 1. The molecule has 1 fully saturated rings. The van der Waals surface area contributed by atoms with Gasteiger partial charge in [0.15, 0.2) is 5.96 Å². The van der Waals surface area contributed by atoms with Crippen molar-refractivity contribution in [3.05, 3.63) is 60.4 Å². The summed E-state index contributed by atoms with van der Waals surface area (Å²) in [6.45, 7) is 1.77. The van der Waals surface area contributed by atoms with Gasteiger partial charge in [-0.3, -0.25) is 9.98 Å². The molecule has 1 aromatic carbocycles. The summed E-state index contributed by atoms with van der Waals surface area (Å²) < 4.78 is 0.264. The van der Waals surface area contributed by atoms with Gasteiger partial charge in [-0.2, -0.15) is 0 Å². The van der Waals surface area contributed by atoms with Crippen LogP contribution in [0.1, 0.15) is 31.4 Å². The highest BCUT2D eigenvalue weighted by atomic mass is 127. The Labute approximate surface area is 184 Å². The SMILES string of the molecule is CN=C(NCCc1ccccn1)NCC1(Sc2ccccc2)CCCC1.I. The van der Waals surface area contributed by atoms with Crippen molar-refractivity contribution in [2.24, 2.45) is 4.99 Å². The molecule has 1 aliphatic rings. The van der Waals surface area contributed by atoms with Gasteiger partial charge in [0, 0.05) is 48.1 Å². The van der Waals surface area contributed by atoms with Crippen LogP contribution in [0.2, 0.25) is 0 Å². The molecule has 3 rings (SSSR count). The van der Waals surface area contributed by atoms with E-state index in [0.29, 0.717) is 0 Å². The summed E-state index contributed by atoms with van der Waals surface area (Å²) in [5.41, 5.74) is 1.10.